The van der Waals surface area contributed by atoms with Gasteiger partial charge in [-0.15, -0.1) is 0 Å². The maximum absolute atomic E-state index is 12.4. The van der Waals surface area contributed by atoms with Crippen LogP contribution in [0.2, 0.25) is 0 Å². The van der Waals surface area contributed by atoms with Gasteiger partial charge in [0.1, 0.15) is 5.69 Å². The first-order valence-corrected chi connectivity index (χ1v) is 7.09. The number of hydrogen-bond donors (Lipinski definition) is 0. The minimum atomic E-state index is -0.0799. The zero-order valence-corrected chi connectivity index (χ0v) is 12.8. The van der Waals surface area contributed by atoms with E-state index in [9.17, 15) is 4.79 Å². The normalized spacial score (nSPS) is 10.9. The van der Waals surface area contributed by atoms with Crippen LogP contribution in [0.4, 0.5) is 0 Å². The maximum atomic E-state index is 12.4. The summed E-state index contributed by atoms with van der Waals surface area (Å²) in [7, 11) is 1.78. The molecule has 0 amide bonds. The fourth-order valence-corrected chi connectivity index (χ4v) is 2.55. The second kappa shape index (κ2) is 4.87. The first-order chi connectivity index (χ1) is 9.56. The summed E-state index contributed by atoms with van der Waals surface area (Å²) in [6.45, 7) is 2.02. The van der Waals surface area contributed by atoms with Gasteiger partial charge in [-0.05, 0) is 25.1 Å². The first-order valence-electron chi connectivity index (χ1n) is 6.29. The lowest BCUT2D eigenvalue weighted by Crippen LogP contribution is -2.20. The second-order valence-corrected chi connectivity index (χ2v) is 5.74. The van der Waals surface area contributed by atoms with E-state index in [-0.39, 0.29) is 5.56 Å². The molecule has 0 saturated heterocycles. The van der Waals surface area contributed by atoms with E-state index in [1.807, 2.05) is 49.4 Å². The van der Waals surface area contributed by atoms with Crippen molar-refractivity contribution in [2.24, 2.45) is 7.05 Å². The van der Waals surface area contributed by atoms with Gasteiger partial charge in [0.05, 0.1) is 11.0 Å². The SMILES string of the molecule is Cc1ccc(-c2nc3cc(Br)ccc3n(C)c2=O)cc1. The Labute approximate surface area is 125 Å². The van der Waals surface area contributed by atoms with Crippen LogP contribution in [-0.4, -0.2) is 9.55 Å². The van der Waals surface area contributed by atoms with Crippen LogP contribution >= 0.6 is 15.9 Å². The molecule has 0 radical (unpaired) electrons. The number of rotatable bonds is 1. The third-order valence-corrected chi connectivity index (χ3v) is 3.86. The molecule has 20 heavy (non-hydrogen) atoms. The summed E-state index contributed by atoms with van der Waals surface area (Å²) in [4.78, 5) is 17.0. The van der Waals surface area contributed by atoms with E-state index in [4.69, 9.17) is 0 Å². The molecular formula is C16H13BrN2O. The minimum Gasteiger partial charge on any atom is -0.308 e. The highest BCUT2D eigenvalue weighted by Crippen LogP contribution is 2.20. The number of nitrogens with zero attached hydrogens (tertiary/aromatic N) is 2. The highest BCUT2D eigenvalue weighted by Gasteiger charge is 2.10. The molecule has 3 nitrogen and oxygen atoms in total. The average Bonchev–Trinajstić information content (AvgIpc) is 2.44. The Balaban J connectivity index is 2.33. The van der Waals surface area contributed by atoms with Crippen LogP contribution in [0.15, 0.2) is 51.7 Å². The van der Waals surface area contributed by atoms with Gasteiger partial charge in [-0.1, -0.05) is 45.8 Å². The number of aromatic nitrogens is 2. The molecule has 0 unspecified atom stereocenters. The molecule has 0 N–H and O–H groups in total. The number of hydrogen-bond acceptors (Lipinski definition) is 2. The molecule has 100 valence electrons. The number of fused-ring (bicyclic) bond motifs is 1. The van der Waals surface area contributed by atoms with Crippen LogP contribution < -0.4 is 5.56 Å². The maximum Gasteiger partial charge on any atom is 0.277 e. The zero-order chi connectivity index (χ0) is 14.3. The lowest BCUT2D eigenvalue weighted by atomic mass is 10.1. The molecule has 0 aliphatic heterocycles. The standard InChI is InChI=1S/C16H13BrN2O/c1-10-3-5-11(6-4-10)15-16(20)19(2)14-8-7-12(17)9-13(14)18-15/h3-9H,1-2H3. The quantitative estimate of drug-likeness (QED) is 0.683. The van der Waals surface area contributed by atoms with Crippen LogP contribution in [0.1, 0.15) is 5.56 Å². The molecule has 0 aliphatic rings. The third kappa shape index (κ3) is 2.16. The first kappa shape index (κ1) is 13.1. The molecule has 0 atom stereocenters. The molecule has 0 bridgehead atoms. The Bertz CT molecular complexity index is 851. The number of benzene rings is 2. The van der Waals surface area contributed by atoms with Crippen molar-refractivity contribution in [3.63, 3.8) is 0 Å². The smallest absolute Gasteiger partial charge is 0.277 e. The van der Waals surface area contributed by atoms with E-state index < -0.39 is 0 Å². The van der Waals surface area contributed by atoms with Gasteiger partial charge in [-0.2, -0.15) is 0 Å². The van der Waals surface area contributed by atoms with Gasteiger partial charge in [-0.3, -0.25) is 4.79 Å². The topological polar surface area (TPSA) is 34.9 Å². The summed E-state index contributed by atoms with van der Waals surface area (Å²) in [6, 6.07) is 13.6. The Morgan fingerprint density at radius 3 is 2.50 bits per heavy atom. The molecule has 1 heterocycles. The monoisotopic (exact) mass is 328 g/mol. The third-order valence-electron chi connectivity index (χ3n) is 3.36. The molecule has 4 heteroatoms. The fraction of sp³-hybridized carbons (Fsp3) is 0.125. The van der Waals surface area contributed by atoms with E-state index in [1.54, 1.807) is 11.6 Å². The predicted molar refractivity (Wildman–Crippen MR) is 84.9 cm³/mol. The summed E-state index contributed by atoms with van der Waals surface area (Å²) in [5, 5.41) is 0. The minimum absolute atomic E-state index is 0.0799. The van der Waals surface area contributed by atoms with Crippen LogP contribution in [0.25, 0.3) is 22.3 Å². The van der Waals surface area contributed by atoms with Crippen molar-refractivity contribution in [1.82, 2.24) is 9.55 Å². The van der Waals surface area contributed by atoms with Crippen LogP contribution in [-0.2, 0) is 7.05 Å². The van der Waals surface area contributed by atoms with Crippen molar-refractivity contribution in [3.8, 4) is 11.3 Å². The fourth-order valence-electron chi connectivity index (χ4n) is 2.21. The van der Waals surface area contributed by atoms with Gasteiger partial charge in [-0.25, -0.2) is 4.98 Å². The van der Waals surface area contributed by atoms with Gasteiger partial charge >= 0.3 is 0 Å². The largest absolute Gasteiger partial charge is 0.308 e. The molecular weight excluding hydrogens is 316 g/mol. The molecule has 0 fully saturated rings. The Morgan fingerprint density at radius 1 is 1.10 bits per heavy atom. The van der Waals surface area contributed by atoms with E-state index in [0.29, 0.717) is 5.69 Å². The van der Waals surface area contributed by atoms with Crippen molar-refractivity contribution in [3.05, 3.63) is 62.9 Å². The van der Waals surface area contributed by atoms with E-state index in [0.717, 1.165) is 26.6 Å². The molecule has 0 spiro atoms. The lowest BCUT2D eigenvalue weighted by Gasteiger charge is -2.08. The van der Waals surface area contributed by atoms with Crippen LogP contribution in [0.5, 0.6) is 0 Å². The highest BCUT2D eigenvalue weighted by atomic mass is 79.9. The van der Waals surface area contributed by atoms with E-state index >= 15 is 0 Å². The molecule has 3 aromatic rings. The summed E-state index contributed by atoms with van der Waals surface area (Å²) >= 11 is 3.44. The molecule has 0 aliphatic carbocycles. The molecule has 1 aromatic heterocycles. The Morgan fingerprint density at radius 2 is 1.80 bits per heavy atom. The average molecular weight is 329 g/mol. The molecule has 3 rings (SSSR count). The second-order valence-electron chi connectivity index (χ2n) is 4.82. The van der Waals surface area contributed by atoms with Crippen molar-refractivity contribution in [2.75, 3.05) is 0 Å². The van der Waals surface area contributed by atoms with Crippen molar-refractivity contribution < 1.29 is 0 Å². The van der Waals surface area contributed by atoms with Gasteiger partial charge in [0.15, 0.2) is 0 Å². The van der Waals surface area contributed by atoms with Gasteiger partial charge in [0.2, 0.25) is 0 Å². The van der Waals surface area contributed by atoms with Crippen LogP contribution in [0.3, 0.4) is 0 Å². The zero-order valence-electron chi connectivity index (χ0n) is 11.2. The van der Waals surface area contributed by atoms with E-state index in [1.165, 1.54) is 0 Å². The molecule has 0 saturated carbocycles. The van der Waals surface area contributed by atoms with E-state index in [2.05, 4.69) is 20.9 Å². The van der Waals surface area contributed by atoms with Crippen LogP contribution in [0, 0.1) is 6.92 Å². The van der Waals surface area contributed by atoms with Gasteiger partial charge in [0, 0.05) is 17.1 Å². The lowest BCUT2D eigenvalue weighted by molar-refractivity contribution is 0.895. The Kier molecular flexibility index (Phi) is 3.18. The van der Waals surface area contributed by atoms with Crippen molar-refractivity contribution >= 4 is 27.0 Å². The molecule has 2 aromatic carbocycles. The summed E-state index contributed by atoms with van der Waals surface area (Å²) in [5.74, 6) is 0. The highest BCUT2D eigenvalue weighted by molar-refractivity contribution is 9.10. The number of aryl methyl sites for hydroxylation is 2. The predicted octanol–water partition coefficient (Wildman–Crippen LogP) is 3.67. The van der Waals surface area contributed by atoms with Crippen molar-refractivity contribution in [2.45, 2.75) is 6.92 Å². The summed E-state index contributed by atoms with van der Waals surface area (Å²) < 4.78 is 2.59. The Hall–Kier alpha value is -1.94. The van der Waals surface area contributed by atoms with Crippen molar-refractivity contribution in [1.29, 1.82) is 0 Å². The number of halogens is 1. The van der Waals surface area contributed by atoms with Gasteiger partial charge in [0.25, 0.3) is 5.56 Å². The summed E-state index contributed by atoms with van der Waals surface area (Å²) in [6.07, 6.45) is 0. The summed E-state index contributed by atoms with van der Waals surface area (Å²) in [5.41, 5.74) is 4.04. The van der Waals surface area contributed by atoms with Gasteiger partial charge < -0.3 is 4.57 Å².